The van der Waals surface area contributed by atoms with Crippen LogP contribution in [-0.2, 0) is 10.0 Å². The summed E-state index contributed by atoms with van der Waals surface area (Å²) in [6.07, 6.45) is 3.11. The molecule has 0 unspecified atom stereocenters. The van der Waals surface area contributed by atoms with Crippen LogP contribution in [-0.4, -0.2) is 29.2 Å². The SMILES string of the molecule is O=C1c2cccn2-c2ccc(Cl)cc2S(=O)(=O)N1C1CC1. The molecule has 2 heterocycles. The predicted molar refractivity (Wildman–Crippen MR) is 77.2 cm³/mol. The summed E-state index contributed by atoms with van der Waals surface area (Å²) < 4.78 is 28.4. The van der Waals surface area contributed by atoms with Crippen LogP contribution in [0.1, 0.15) is 23.3 Å². The normalized spacial score (nSPS) is 19.9. The van der Waals surface area contributed by atoms with Gasteiger partial charge >= 0.3 is 0 Å². The minimum absolute atomic E-state index is 0.0743. The summed E-state index contributed by atoms with van der Waals surface area (Å²) in [5.74, 6) is -0.477. The van der Waals surface area contributed by atoms with E-state index in [1.807, 2.05) is 0 Å². The fraction of sp³-hybridized carbons (Fsp3) is 0.214. The van der Waals surface area contributed by atoms with Gasteiger partial charge in [-0.25, -0.2) is 12.7 Å². The van der Waals surface area contributed by atoms with E-state index in [0.717, 1.165) is 4.31 Å². The molecule has 108 valence electrons. The quantitative estimate of drug-likeness (QED) is 0.810. The lowest BCUT2D eigenvalue weighted by molar-refractivity contribution is 0.0849. The third-order valence-corrected chi connectivity index (χ3v) is 5.86. The van der Waals surface area contributed by atoms with Crippen LogP contribution in [0.5, 0.6) is 0 Å². The van der Waals surface area contributed by atoms with E-state index in [-0.39, 0.29) is 10.9 Å². The van der Waals surface area contributed by atoms with Crippen LogP contribution in [0.15, 0.2) is 41.4 Å². The van der Waals surface area contributed by atoms with Crippen molar-refractivity contribution in [3.8, 4) is 5.69 Å². The highest BCUT2D eigenvalue weighted by Crippen LogP contribution is 2.38. The lowest BCUT2D eigenvalue weighted by atomic mass is 10.3. The highest BCUT2D eigenvalue weighted by Gasteiger charge is 2.45. The van der Waals surface area contributed by atoms with Crippen molar-refractivity contribution in [3.63, 3.8) is 0 Å². The first-order chi connectivity index (χ1) is 10.00. The molecular formula is C14H11ClN2O3S. The molecule has 1 aromatic carbocycles. The second-order valence-electron chi connectivity index (χ2n) is 5.21. The number of halogens is 1. The van der Waals surface area contributed by atoms with Crippen molar-refractivity contribution in [1.82, 2.24) is 8.87 Å². The van der Waals surface area contributed by atoms with Crippen LogP contribution in [0.25, 0.3) is 5.69 Å². The molecule has 4 rings (SSSR count). The summed E-state index contributed by atoms with van der Waals surface area (Å²) in [5.41, 5.74) is 0.808. The highest BCUT2D eigenvalue weighted by molar-refractivity contribution is 7.89. The van der Waals surface area contributed by atoms with Crippen LogP contribution in [0, 0.1) is 0 Å². The van der Waals surface area contributed by atoms with Gasteiger partial charge in [0.05, 0.1) is 5.69 Å². The Morgan fingerprint density at radius 3 is 2.67 bits per heavy atom. The molecule has 0 saturated heterocycles. The molecule has 1 aliphatic carbocycles. The van der Waals surface area contributed by atoms with Gasteiger partial charge in [0.2, 0.25) is 0 Å². The van der Waals surface area contributed by atoms with Gasteiger partial charge in [-0.1, -0.05) is 11.6 Å². The maximum atomic E-state index is 12.9. The first kappa shape index (κ1) is 12.9. The third kappa shape index (κ3) is 1.76. The Bertz CT molecular complexity index is 868. The Balaban J connectivity index is 2.10. The number of benzene rings is 1. The van der Waals surface area contributed by atoms with Crippen molar-refractivity contribution in [2.24, 2.45) is 0 Å². The molecule has 2 aliphatic rings. The van der Waals surface area contributed by atoms with Gasteiger partial charge in [-0.2, -0.15) is 0 Å². The van der Waals surface area contributed by atoms with E-state index >= 15 is 0 Å². The number of hydrogen-bond donors (Lipinski definition) is 0. The van der Waals surface area contributed by atoms with Crippen molar-refractivity contribution in [2.75, 3.05) is 0 Å². The molecule has 1 amide bonds. The molecule has 5 nitrogen and oxygen atoms in total. The second-order valence-corrected chi connectivity index (χ2v) is 7.43. The summed E-state index contributed by atoms with van der Waals surface area (Å²) >= 11 is 5.96. The molecule has 0 atom stereocenters. The van der Waals surface area contributed by atoms with Crippen molar-refractivity contribution in [3.05, 3.63) is 47.2 Å². The maximum absolute atomic E-state index is 12.9. The van der Waals surface area contributed by atoms with Gasteiger partial charge in [0.1, 0.15) is 10.6 Å². The summed E-state index contributed by atoms with van der Waals surface area (Å²) in [4.78, 5) is 12.7. The average Bonchev–Trinajstić information content (AvgIpc) is 3.14. The maximum Gasteiger partial charge on any atom is 0.284 e. The number of carbonyl (C=O) groups is 1. The number of hydrogen-bond acceptors (Lipinski definition) is 3. The lowest BCUT2D eigenvalue weighted by Crippen LogP contribution is -2.37. The molecule has 1 saturated carbocycles. The zero-order chi connectivity index (χ0) is 14.8. The molecular weight excluding hydrogens is 312 g/mol. The fourth-order valence-corrected chi connectivity index (χ4v) is 4.73. The van der Waals surface area contributed by atoms with E-state index in [1.54, 1.807) is 35.0 Å². The van der Waals surface area contributed by atoms with Gasteiger partial charge in [0.25, 0.3) is 15.9 Å². The van der Waals surface area contributed by atoms with E-state index < -0.39 is 15.9 Å². The number of rotatable bonds is 1. The number of amides is 1. The molecule has 0 N–H and O–H groups in total. The number of nitrogens with zero attached hydrogens (tertiary/aromatic N) is 2. The summed E-state index contributed by atoms with van der Waals surface area (Å²) in [6.45, 7) is 0. The minimum Gasteiger partial charge on any atom is -0.311 e. The third-order valence-electron chi connectivity index (χ3n) is 3.76. The number of fused-ring (bicyclic) bond motifs is 3. The number of carbonyl (C=O) groups excluding carboxylic acids is 1. The standard InChI is InChI=1S/C14H11ClN2O3S/c15-9-3-6-11-13(8-9)21(19,20)17(10-4-5-10)14(18)12-2-1-7-16(11)12/h1-3,6-8,10H,4-5H2. The molecule has 21 heavy (non-hydrogen) atoms. The van der Waals surface area contributed by atoms with Crippen molar-refractivity contribution >= 4 is 27.5 Å². The first-order valence-corrected chi connectivity index (χ1v) is 8.38. The van der Waals surface area contributed by atoms with Crippen molar-refractivity contribution in [2.45, 2.75) is 23.8 Å². The Morgan fingerprint density at radius 2 is 1.95 bits per heavy atom. The van der Waals surface area contributed by atoms with E-state index in [0.29, 0.717) is 29.2 Å². The first-order valence-electron chi connectivity index (χ1n) is 6.56. The molecule has 0 spiro atoms. The highest BCUT2D eigenvalue weighted by atomic mass is 35.5. The monoisotopic (exact) mass is 322 g/mol. The van der Waals surface area contributed by atoms with Gasteiger partial charge in [-0.3, -0.25) is 4.79 Å². The predicted octanol–water partition coefficient (Wildman–Crippen LogP) is 2.44. The molecule has 0 radical (unpaired) electrons. The molecule has 2 aromatic rings. The summed E-state index contributed by atoms with van der Waals surface area (Å²) in [5, 5.41) is 0.330. The van der Waals surface area contributed by atoms with Crippen molar-refractivity contribution in [1.29, 1.82) is 0 Å². The number of aromatic nitrogens is 1. The Morgan fingerprint density at radius 1 is 1.19 bits per heavy atom. The second kappa shape index (κ2) is 4.11. The van der Waals surface area contributed by atoms with Gasteiger partial charge in [-0.15, -0.1) is 0 Å². The minimum atomic E-state index is -3.89. The van der Waals surface area contributed by atoms with E-state index in [4.69, 9.17) is 11.6 Å². The molecule has 0 bridgehead atoms. The Labute approximate surface area is 126 Å². The van der Waals surface area contributed by atoms with E-state index in [1.165, 1.54) is 6.07 Å². The smallest absolute Gasteiger partial charge is 0.284 e. The summed E-state index contributed by atoms with van der Waals surface area (Å²) in [6, 6.07) is 7.78. The zero-order valence-corrected chi connectivity index (χ0v) is 12.4. The molecule has 1 fully saturated rings. The number of sulfonamides is 1. The Hall–Kier alpha value is -1.79. The van der Waals surface area contributed by atoms with Crippen molar-refractivity contribution < 1.29 is 13.2 Å². The Kier molecular flexibility index (Phi) is 2.53. The van der Waals surface area contributed by atoms with Gasteiger partial charge in [-0.05, 0) is 43.2 Å². The largest absolute Gasteiger partial charge is 0.311 e. The average molecular weight is 323 g/mol. The van der Waals surface area contributed by atoms with E-state index in [2.05, 4.69) is 0 Å². The molecule has 7 heteroatoms. The van der Waals surface area contributed by atoms with Crippen LogP contribution < -0.4 is 0 Å². The van der Waals surface area contributed by atoms with Gasteiger partial charge < -0.3 is 4.57 Å². The fourth-order valence-electron chi connectivity index (χ4n) is 2.66. The molecule has 1 aromatic heterocycles. The van der Waals surface area contributed by atoms with Crippen LogP contribution in [0.3, 0.4) is 0 Å². The lowest BCUT2D eigenvalue weighted by Gasteiger charge is -2.19. The molecule has 1 aliphatic heterocycles. The van der Waals surface area contributed by atoms with E-state index in [9.17, 15) is 13.2 Å². The topological polar surface area (TPSA) is 59.4 Å². The zero-order valence-electron chi connectivity index (χ0n) is 10.9. The van der Waals surface area contributed by atoms with Gasteiger partial charge in [0.15, 0.2) is 0 Å². The van der Waals surface area contributed by atoms with Crippen LogP contribution in [0.2, 0.25) is 5.02 Å². The van der Waals surface area contributed by atoms with Gasteiger partial charge in [0, 0.05) is 17.3 Å². The van der Waals surface area contributed by atoms with Crippen LogP contribution >= 0.6 is 11.6 Å². The summed E-state index contributed by atoms with van der Waals surface area (Å²) in [7, 11) is -3.89. The van der Waals surface area contributed by atoms with Crippen LogP contribution in [0.4, 0.5) is 0 Å².